The van der Waals surface area contributed by atoms with Gasteiger partial charge in [-0.3, -0.25) is 0 Å². The lowest BCUT2D eigenvalue weighted by molar-refractivity contribution is 0.596. The standard InChI is InChI=1S/C16H12ClNO2S2/c1-11-10-21-16(18-11)12-2-6-14(7-3-12)22(19,20)15-8-4-13(17)5-9-15/h2-10H,1H3. The van der Waals surface area contributed by atoms with Gasteiger partial charge in [-0.1, -0.05) is 23.7 Å². The lowest BCUT2D eigenvalue weighted by Gasteiger charge is -2.05. The minimum atomic E-state index is -3.53. The van der Waals surface area contributed by atoms with Crippen molar-refractivity contribution >= 4 is 32.8 Å². The molecule has 0 amide bonds. The number of aromatic nitrogens is 1. The number of hydrogen-bond donors (Lipinski definition) is 0. The van der Waals surface area contributed by atoms with Gasteiger partial charge in [-0.15, -0.1) is 11.3 Å². The quantitative estimate of drug-likeness (QED) is 0.694. The highest BCUT2D eigenvalue weighted by atomic mass is 35.5. The number of rotatable bonds is 3. The third-order valence-electron chi connectivity index (χ3n) is 3.15. The molecule has 0 aliphatic carbocycles. The van der Waals surface area contributed by atoms with Crippen molar-refractivity contribution in [2.75, 3.05) is 0 Å². The molecule has 0 unspecified atom stereocenters. The second-order valence-electron chi connectivity index (χ2n) is 4.78. The van der Waals surface area contributed by atoms with E-state index in [4.69, 9.17) is 11.6 Å². The van der Waals surface area contributed by atoms with E-state index < -0.39 is 9.84 Å². The molecular weight excluding hydrogens is 338 g/mol. The first-order chi connectivity index (χ1) is 10.5. The van der Waals surface area contributed by atoms with Crippen molar-refractivity contribution in [3.63, 3.8) is 0 Å². The molecule has 3 aromatic rings. The van der Waals surface area contributed by atoms with Crippen LogP contribution in [0.2, 0.25) is 5.02 Å². The van der Waals surface area contributed by atoms with Crippen LogP contribution in [0.4, 0.5) is 0 Å². The Morgan fingerprint density at radius 1 is 0.955 bits per heavy atom. The van der Waals surface area contributed by atoms with E-state index in [1.807, 2.05) is 12.3 Å². The number of thiazole rings is 1. The minimum absolute atomic E-state index is 0.231. The first-order valence-corrected chi connectivity index (χ1v) is 9.24. The highest BCUT2D eigenvalue weighted by Gasteiger charge is 2.17. The van der Waals surface area contributed by atoms with Crippen LogP contribution in [0, 0.1) is 6.92 Å². The van der Waals surface area contributed by atoms with Crippen LogP contribution in [0.3, 0.4) is 0 Å². The summed E-state index contributed by atoms with van der Waals surface area (Å²) in [5, 5.41) is 3.36. The van der Waals surface area contributed by atoms with Gasteiger partial charge in [0, 0.05) is 21.7 Å². The molecule has 2 aromatic carbocycles. The lowest BCUT2D eigenvalue weighted by Crippen LogP contribution is -2.01. The Bertz CT molecular complexity index is 898. The van der Waals surface area contributed by atoms with E-state index in [2.05, 4.69) is 4.98 Å². The van der Waals surface area contributed by atoms with Crippen LogP contribution in [-0.4, -0.2) is 13.4 Å². The first kappa shape index (κ1) is 15.2. The van der Waals surface area contributed by atoms with Gasteiger partial charge in [0.05, 0.1) is 9.79 Å². The predicted molar refractivity (Wildman–Crippen MR) is 89.2 cm³/mol. The van der Waals surface area contributed by atoms with Gasteiger partial charge < -0.3 is 0 Å². The summed E-state index contributed by atoms with van der Waals surface area (Å²) < 4.78 is 25.1. The molecule has 6 heteroatoms. The van der Waals surface area contributed by atoms with Crippen LogP contribution in [-0.2, 0) is 9.84 Å². The average Bonchev–Trinajstić information content (AvgIpc) is 2.94. The second-order valence-corrected chi connectivity index (χ2v) is 8.02. The van der Waals surface area contributed by atoms with Crippen LogP contribution < -0.4 is 0 Å². The van der Waals surface area contributed by atoms with Crippen LogP contribution in [0.15, 0.2) is 63.7 Å². The van der Waals surface area contributed by atoms with E-state index in [9.17, 15) is 8.42 Å². The van der Waals surface area contributed by atoms with E-state index in [1.165, 1.54) is 23.5 Å². The summed E-state index contributed by atoms with van der Waals surface area (Å²) in [5.74, 6) is 0. The van der Waals surface area contributed by atoms with Crippen molar-refractivity contribution in [3.05, 3.63) is 64.6 Å². The number of benzene rings is 2. The zero-order valence-electron chi connectivity index (χ0n) is 11.7. The fraction of sp³-hybridized carbons (Fsp3) is 0.0625. The Morgan fingerprint density at radius 2 is 1.50 bits per heavy atom. The molecule has 0 spiro atoms. The molecule has 0 atom stereocenters. The molecule has 112 valence electrons. The molecule has 0 aliphatic rings. The summed E-state index contributed by atoms with van der Waals surface area (Å²) in [6, 6.07) is 12.9. The zero-order chi connectivity index (χ0) is 15.7. The summed E-state index contributed by atoms with van der Waals surface area (Å²) in [4.78, 5) is 4.88. The van der Waals surface area contributed by atoms with Gasteiger partial charge in [0.2, 0.25) is 9.84 Å². The maximum absolute atomic E-state index is 12.5. The third kappa shape index (κ3) is 2.92. The van der Waals surface area contributed by atoms with Crippen LogP contribution in [0.1, 0.15) is 5.69 Å². The highest BCUT2D eigenvalue weighted by molar-refractivity contribution is 7.91. The second kappa shape index (κ2) is 5.83. The number of aryl methyl sites for hydroxylation is 1. The fourth-order valence-corrected chi connectivity index (χ4v) is 4.20. The first-order valence-electron chi connectivity index (χ1n) is 6.50. The summed E-state index contributed by atoms with van der Waals surface area (Å²) in [6.45, 7) is 1.93. The van der Waals surface area contributed by atoms with E-state index in [0.717, 1.165) is 16.3 Å². The molecule has 1 aromatic heterocycles. The van der Waals surface area contributed by atoms with Crippen molar-refractivity contribution in [2.45, 2.75) is 16.7 Å². The number of hydrogen-bond acceptors (Lipinski definition) is 4. The molecule has 0 aliphatic heterocycles. The van der Waals surface area contributed by atoms with Crippen LogP contribution >= 0.6 is 22.9 Å². The van der Waals surface area contributed by atoms with E-state index in [0.29, 0.717) is 5.02 Å². The molecule has 22 heavy (non-hydrogen) atoms. The summed E-state index contributed by atoms with van der Waals surface area (Å²) in [6.07, 6.45) is 0. The lowest BCUT2D eigenvalue weighted by atomic mass is 10.2. The molecule has 3 rings (SSSR count). The van der Waals surface area contributed by atoms with Crippen LogP contribution in [0.5, 0.6) is 0 Å². The molecule has 0 fully saturated rings. The van der Waals surface area contributed by atoms with Gasteiger partial charge in [-0.2, -0.15) is 0 Å². The largest absolute Gasteiger partial charge is 0.241 e. The van der Waals surface area contributed by atoms with Gasteiger partial charge in [-0.25, -0.2) is 13.4 Å². The van der Waals surface area contributed by atoms with Crippen molar-refractivity contribution < 1.29 is 8.42 Å². The highest BCUT2D eigenvalue weighted by Crippen LogP contribution is 2.27. The van der Waals surface area contributed by atoms with Gasteiger partial charge in [-0.05, 0) is 43.3 Å². The van der Waals surface area contributed by atoms with Crippen molar-refractivity contribution in [2.24, 2.45) is 0 Å². The van der Waals surface area contributed by atoms with Crippen molar-refractivity contribution in [3.8, 4) is 10.6 Å². The Kier molecular flexibility index (Phi) is 4.04. The van der Waals surface area contributed by atoms with Crippen molar-refractivity contribution in [1.82, 2.24) is 4.98 Å². The molecule has 1 heterocycles. The number of nitrogens with zero attached hydrogens (tertiary/aromatic N) is 1. The summed E-state index contributed by atoms with van der Waals surface area (Å²) >= 11 is 7.34. The molecule has 0 saturated heterocycles. The SMILES string of the molecule is Cc1csc(-c2ccc(S(=O)(=O)c3ccc(Cl)cc3)cc2)n1. The number of halogens is 1. The predicted octanol–water partition coefficient (Wildman–Crippen LogP) is 4.60. The molecule has 0 N–H and O–H groups in total. The zero-order valence-corrected chi connectivity index (χ0v) is 14.0. The molecule has 0 radical (unpaired) electrons. The van der Waals surface area contributed by atoms with E-state index in [1.54, 1.807) is 36.4 Å². The monoisotopic (exact) mass is 349 g/mol. The van der Waals surface area contributed by atoms with Gasteiger partial charge >= 0.3 is 0 Å². The Morgan fingerprint density at radius 3 is 2.00 bits per heavy atom. The third-order valence-corrected chi connectivity index (χ3v) is 6.20. The maximum Gasteiger partial charge on any atom is 0.206 e. The fourth-order valence-electron chi connectivity index (χ4n) is 2.01. The number of sulfone groups is 1. The van der Waals surface area contributed by atoms with Crippen LogP contribution in [0.25, 0.3) is 10.6 Å². The minimum Gasteiger partial charge on any atom is -0.241 e. The van der Waals surface area contributed by atoms with Gasteiger partial charge in [0.25, 0.3) is 0 Å². The summed E-state index contributed by atoms with van der Waals surface area (Å²) in [7, 11) is -3.53. The molecule has 0 bridgehead atoms. The Balaban J connectivity index is 1.96. The molecule has 3 nitrogen and oxygen atoms in total. The maximum atomic E-state index is 12.5. The van der Waals surface area contributed by atoms with Gasteiger partial charge in [0.15, 0.2) is 0 Å². The normalized spacial score (nSPS) is 11.5. The topological polar surface area (TPSA) is 47.0 Å². The Hall–Kier alpha value is -1.69. The van der Waals surface area contributed by atoms with Gasteiger partial charge in [0.1, 0.15) is 5.01 Å². The average molecular weight is 350 g/mol. The smallest absolute Gasteiger partial charge is 0.206 e. The summed E-state index contributed by atoms with van der Waals surface area (Å²) in [5.41, 5.74) is 1.87. The molecular formula is C16H12ClNO2S2. The van der Waals surface area contributed by atoms with E-state index >= 15 is 0 Å². The molecule has 0 saturated carbocycles. The van der Waals surface area contributed by atoms with E-state index in [-0.39, 0.29) is 9.79 Å². The Labute approximate surface area is 138 Å². The van der Waals surface area contributed by atoms with Crippen molar-refractivity contribution in [1.29, 1.82) is 0 Å².